The molecule has 0 fully saturated rings. The van der Waals surface area contributed by atoms with Crippen molar-refractivity contribution in [2.75, 3.05) is 5.32 Å². The zero-order valence-electron chi connectivity index (χ0n) is 8.36. The zero-order chi connectivity index (χ0) is 10.4. The van der Waals surface area contributed by atoms with E-state index in [-0.39, 0.29) is 5.91 Å². The number of hydrogen-bond donors (Lipinski definition) is 2. The summed E-state index contributed by atoms with van der Waals surface area (Å²) in [5.74, 6) is -0.113. The highest BCUT2D eigenvalue weighted by molar-refractivity contribution is 5.94. The quantitative estimate of drug-likeness (QED) is 0.763. The van der Waals surface area contributed by atoms with Gasteiger partial charge >= 0.3 is 0 Å². The first-order chi connectivity index (χ1) is 6.74. The third-order valence-electron chi connectivity index (χ3n) is 1.98. The number of amides is 1. The van der Waals surface area contributed by atoms with Crippen molar-refractivity contribution >= 4 is 11.6 Å². The van der Waals surface area contributed by atoms with E-state index in [2.05, 4.69) is 5.32 Å². The molecule has 0 aliphatic carbocycles. The predicted molar refractivity (Wildman–Crippen MR) is 58.0 cm³/mol. The fraction of sp³-hybridized carbons (Fsp3) is 0.364. The molecule has 3 N–H and O–H groups in total. The van der Waals surface area contributed by atoms with Gasteiger partial charge in [0.05, 0.1) is 6.04 Å². The SMILES string of the molecule is CCCC(N)C(=O)Nc1ccccc1. The Bertz CT molecular complexity index is 285. The van der Waals surface area contributed by atoms with E-state index in [1.54, 1.807) is 0 Å². The minimum absolute atomic E-state index is 0.113. The van der Waals surface area contributed by atoms with Crippen molar-refractivity contribution in [3.63, 3.8) is 0 Å². The molecule has 0 saturated carbocycles. The molecule has 0 saturated heterocycles. The van der Waals surface area contributed by atoms with Gasteiger partial charge in [-0.05, 0) is 18.6 Å². The molecule has 3 heteroatoms. The largest absolute Gasteiger partial charge is 0.325 e. The number of para-hydroxylation sites is 1. The van der Waals surface area contributed by atoms with Gasteiger partial charge in [-0.1, -0.05) is 31.5 Å². The minimum Gasteiger partial charge on any atom is -0.325 e. The third kappa shape index (κ3) is 3.18. The second-order valence-corrected chi connectivity index (χ2v) is 3.25. The van der Waals surface area contributed by atoms with Gasteiger partial charge in [-0.3, -0.25) is 4.79 Å². The molecular formula is C11H16N2O. The number of hydrogen-bond acceptors (Lipinski definition) is 2. The fourth-order valence-electron chi connectivity index (χ4n) is 1.20. The van der Waals surface area contributed by atoms with Crippen LogP contribution in [0.3, 0.4) is 0 Å². The molecular weight excluding hydrogens is 176 g/mol. The van der Waals surface area contributed by atoms with E-state index in [1.165, 1.54) is 0 Å². The lowest BCUT2D eigenvalue weighted by atomic mass is 10.1. The standard InChI is InChI=1S/C11H16N2O/c1-2-6-10(12)11(14)13-9-7-4-3-5-8-9/h3-5,7-8,10H,2,6,12H2,1H3,(H,13,14). The second kappa shape index (κ2) is 5.40. The Morgan fingerprint density at radius 1 is 1.43 bits per heavy atom. The molecule has 1 aromatic carbocycles. The summed E-state index contributed by atoms with van der Waals surface area (Å²) in [6.45, 7) is 2.01. The van der Waals surface area contributed by atoms with Crippen molar-refractivity contribution in [2.45, 2.75) is 25.8 Å². The highest BCUT2D eigenvalue weighted by Crippen LogP contribution is 2.06. The lowest BCUT2D eigenvalue weighted by Gasteiger charge is -2.10. The average Bonchev–Trinajstić information content (AvgIpc) is 2.19. The molecule has 1 aromatic rings. The lowest BCUT2D eigenvalue weighted by Crippen LogP contribution is -2.35. The summed E-state index contributed by atoms with van der Waals surface area (Å²) in [5.41, 5.74) is 6.46. The van der Waals surface area contributed by atoms with E-state index in [1.807, 2.05) is 37.3 Å². The van der Waals surface area contributed by atoms with Crippen LogP contribution in [0.1, 0.15) is 19.8 Å². The van der Waals surface area contributed by atoms with Gasteiger partial charge in [-0.2, -0.15) is 0 Å². The van der Waals surface area contributed by atoms with Crippen LogP contribution in [0.5, 0.6) is 0 Å². The van der Waals surface area contributed by atoms with Crippen LogP contribution in [0.4, 0.5) is 5.69 Å². The topological polar surface area (TPSA) is 55.1 Å². The van der Waals surface area contributed by atoms with Gasteiger partial charge in [0.15, 0.2) is 0 Å². The van der Waals surface area contributed by atoms with Crippen LogP contribution in [0, 0.1) is 0 Å². The minimum atomic E-state index is -0.403. The van der Waals surface area contributed by atoms with Crippen LogP contribution in [0.2, 0.25) is 0 Å². The Morgan fingerprint density at radius 3 is 2.64 bits per heavy atom. The number of rotatable bonds is 4. The molecule has 1 unspecified atom stereocenters. The Kier molecular flexibility index (Phi) is 4.13. The lowest BCUT2D eigenvalue weighted by molar-refractivity contribution is -0.117. The first-order valence-corrected chi connectivity index (χ1v) is 4.85. The number of benzene rings is 1. The van der Waals surface area contributed by atoms with Crippen LogP contribution in [0.15, 0.2) is 30.3 Å². The number of nitrogens with one attached hydrogen (secondary N) is 1. The van der Waals surface area contributed by atoms with Crippen molar-refractivity contribution in [1.82, 2.24) is 0 Å². The number of anilines is 1. The molecule has 76 valence electrons. The molecule has 0 aromatic heterocycles. The molecule has 1 atom stereocenters. The van der Waals surface area contributed by atoms with Crippen molar-refractivity contribution in [3.05, 3.63) is 30.3 Å². The summed E-state index contributed by atoms with van der Waals surface area (Å²) in [6.07, 6.45) is 1.64. The summed E-state index contributed by atoms with van der Waals surface area (Å²) in [6, 6.07) is 8.94. The first-order valence-electron chi connectivity index (χ1n) is 4.85. The van der Waals surface area contributed by atoms with E-state index in [0.717, 1.165) is 18.5 Å². The average molecular weight is 192 g/mol. The fourth-order valence-corrected chi connectivity index (χ4v) is 1.20. The molecule has 0 bridgehead atoms. The van der Waals surface area contributed by atoms with Gasteiger partial charge in [0.2, 0.25) is 5.91 Å². The summed E-state index contributed by atoms with van der Waals surface area (Å²) in [4.78, 5) is 11.5. The van der Waals surface area contributed by atoms with E-state index in [9.17, 15) is 4.79 Å². The van der Waals surface area contributed by atoms with E-state index in [4.69, 9.17) is 5.73 Å². The first kappa shape index (κ1) is 10.7. The Hall–Kier alpha value is -1.35. The Morgan fingerprint density at radius 2 is 2.07 bits per heavy atom. The van der Waals surface area contributed by atoms with Crippen LogP contribution < -0.4 is 11.1 Å². The molecule has 0 radical (unpaired) electrons. The maximum Gasteiger partial charge on any atom is 0.241 e. The molecule has 0 heterocycles. The molecule has 0 aliphatic rings. The van der Waals surface area contributed by atoms with Gasteiger partial charge in [-0.25, -0.2) is 0 Å². The smallest absolute Gasteiger partial charge is 0.241 e. The summed E-state index contributed by atoms with van der Waals surface area (Å²) in [5, 5.41) is 2.76. The van der Waals surface area contributed by atoms with Crippen LogP contribution in [-0.2, 0) is 4.79 Å². The predicted octanol–water partition coefficient (Wildman–Crippen LogP) is 1.75. The van der Waals surface area contributed by atoms with Crippen LogP contribution in [0.25, 0.3) is 0 Å². The number of nitrogens with two attached hydrogens (primary N) is 1. The number of carbonyl (C=O) groups is 1. The van der Waals surface area contributed by atoms with Gasteiger partial charge < -0.3 is 11.1 Å². The molecule has 1 amide bonds. The van der Waals surface area contributed by atoms with Gasteiger partial charge in [0.1, 0.15) is 0 Å². The van der Waals surface area contributed by atoms with Crippen molar-refractivity contribution in [2.24, 2.45) is 5.73 Å². The van der Waals surface area contributed by atoms with Crippen LogP contribution in [-0.4, -0.2) is 11.9 Å². The van der Waals surface area contributed by atoms with Crippen molar-refractivity contribution < 1.29 is 4.79 Å². The van der Waals surface area contributed by atoms with Crippen LogP contribution >= 0.6 is 0 Å². The maximum absolute atomic E-state index is 11.5. The molecule has 3 nitrogen and oxygen atoms in total. The second-order valence-electron chi connectivity index (χ2n) is 3.25. The molecule has 14 heavy (non-hydrogen) atoms. The van der Waals surface area contributed by atoms with E-state index >= 15 is 0 Å². The van der Waals surface area contributed by atoms with Gasteiger partial charge in [0, 0.05) is 5.69 Å². The normalized spacial score (nSPS) is 12.1. The summed E-state index contributed by atoms with van der Waals surface area (Å²) < 4.78 is 0. The highest BCUT2D eigenvalue weighted by atomic mass is 16.2. The Balaban J connectivity index is 2.49. The molecule has 0 aliphatic heterocycles. The Labute approximate surface area is 84.3 Å². The van der Waals surface area contributed by atoms with E-state index < -0.39 is 6.04 Å². The maximum atomic E-state index is 11.5. The summed E-state index contributed by atoms with van der Waals surface area (Å²) in [7, 11) is 0. The number of carbonyl (C=O) groups excluding carboxylic acids is 1. The summed E-state index contributed by atoms with van der Waals surface area (Å²) >= 11 is 0. The molecule has 0 spiro atoms. The van der Waals surface area contributed by atoms with Crippen molar-refractivity contribution in [1.29, 1.82) is 0 Å². The monoisotopic (exact) mass is 192 g/mol. The van der Waals surface area contributed by atoms with Gasteiger partial charge in [0.25, 0.3) is 0 Å². The van der Waals surface area contributed by atoms with Crippen molar-refractivity contribution in [3.8, 4) is 0 Å². The zero-order valence-corrected chi connectivity index (χ0v) is 8.36. The van der Waals surface area contributed by atoms with E-state index in [0.29, 0.717) is 0 Å². The highest BCUT2D eigenvalue weighted by Gasteiger charge is 2.11. The molecule has 1 rings (SSSR count). The van der Waals surface area contributed by atoms with Gasteiger partial charge in [-0.15, -0.1) is 0 Å². The third-order valence-corrected chi connectivity index (χ3v) is 1.98.